The Labute approximate surface area is 144 Å². The summed E-state index contributed by atoms with van der Waals surface area (Å²) in [6, 6.07) is 4.07. The Balaban J connectivity index is 2.18. The maximum atomic E-state index is 12.4. The Morgan fingerprint density at radius 1 is 1.12 bits per heavy atom. The number of hydrogen-bond donors (Lipinski definition) is 0. The second-order valence-electron chi connectivity index (χ2n) is 7.10. The van der Waals surface area contributed by atoms with Crippen molar-refractivity contribution in [2.75, 3.05) is 0 Å². The van der Waals surface area contributed by atoms with Gasteiger partial charge in [-0.15, -0.1) is 0 Å². The molecule has 4 heteroatoms. The van der Waals surface area contributed by atoms with Gasteiger partial charge in [0.1, 0.15) is 5.75 Å². The number of hydrogen-bond acceptors (Lipinski definition) is 3. The monoisotopic (exact) mass is 328 g/mol. The standard InChI is InChI=1S/C20H28N2O2/c1-12(2)11-22-17(7)18(16(6)21-22)10-19(23)24-20-14(4)8-13(3)9-15(20)5/h8-9,12H,10-11H2,1-7H3. The fraction of sp³-hybridized carbons (Fsp3) is 0.500. The fourth-order valence-corrected chi connectivity index (χ4v) is 3.14. The summed E-state index contributed by atoms with van der Waals surface area (Å²) >= 11 is 0. The molecule has 0 aliphatic carbocycles. The van der Waals surface area contributed by atoms with Gasteiger partial charge in [0.2, 0.25) is 0 Å². The Bertz CT molecular complexity index is 734. The van der Waals surface area contributed by atoms with Crippen molar-refractivity contribution in [1.29, 1.82) is 0 Å². The SMILES string of the molecule is Cc1cc(C)c(OC(=O)Cc2c(C)nn(CC(C)C)c2C)c(C)c1. The van der Waals surface area contributed by atoms with E-state index < -0.39 is 0 Å². The van der Waals surface area contributed by atoms with Crippen molar-refractivity contribution < 1.29 is 9.53 Å². The molecule has 4 nitrogen and oxygen atoms in total. The fourth-order valence-electron chi connectivity index (χ4n) is 3.14. The third kappa shape index (κ3) is 4.05. The normalized spacial score (nSPS) is 11.2. The molecule has 0 saturated heterocycles. The highest BCUT2D eigenvalue weighted by molar-refractivity contribution is 5.76. The number of carbonyl (C=O) groups is 1. The molecule has 0 radical (unpaired) electrons. The number of aromatic nitrogens is 2. The zero-order valence-corrected chi connectivity index (χ0v) is 15.9. The van der Waals surface area contributed by atoms with Crippen LogP contribution in [-0.4, -0.2) is 15.7 Å². The molecule has 0 saturated carbocycles. The van der Waals surface area contributed by atoms with Gasteiger partial charge in [-0.05, 0) is 51.7 Å². The summed E-state index contributed by atoms with van der Waals surface area (Å²) in [5, 5.41) is 4.57. The largest absolute Gasteiger partial charge is 0.426 e. The van der Waals surface area contributed by atoms with E-state index in [2.05, 4.69) is 18.9 Å². The lowest BCUT2D eigenvalue weighted by molar-refractivity contribution is -0.133. The van der Waals surface area contributed by atoms with Crippen LogP contribution < -0.4 is 4.74 Å². The highest BCUT2D eigenvalue weighted by Crippen LogP contribution is 2.25. The molecule has 0 bridgehead atoms. The maximum absolute atomic E-state index is 12.4. The first-order valence-electron chi connectivity index (χ1n) is 8.50. The average molecular weight is 328 g/mol. The van der Waals surface area contributed by atoms with Crippen LogP contribution in [-0.2, 0) is 17.8 Å². The van der Waals surface area contributed by atoms with Crippen LogP contribution in [0.15, 0.2) is 12.1 Å². The van der Waals surface area contributed by atoms with Crippen LogP contribution in [0, 0.1) is 40.5 Å². The van der Waals surface area contributed by atoms with E-state index in [1.54, 1.807) is 0 Å². The van der Waals surface area contributed by atoms with Crippen LogP contribution in [0.5, 0.6) is 5.75 Å². The van der Waals surface area contributed by atoms with E-state index in [1.165, 1.54) is 5.56 Å². The summed E-state index contributed by atoms with van der Waals surface area (Å²) in [5.74, 6) is 0.955. The third-order valence-electron chi connectivity index (χ3n) is 4.21. The maximum Gasteiger partial charge on any atom is 0.315 e. The van der Waals surface area contributed by atoms with Gasteiger partial charge in [-0.3, -0.25) is 9.48 Å². The zero-order chi connectivity index (χ0) is 18.0. The summed E-state index contributed by atoms with van der Waals surface area (Å²) < 4.78 is 7.65. The first kappa shape index (κ1) is 18.2. The molecule has 24 heavy (non-hydrogen) atoms. The average Bonchev–Trinajstić information content (AvgIpc) is 2.70. The quantitative estimate of drug-likeness (QED) is 0.609. The molecule has 0 atom stereocenters. The zero-order valence-electron chi connectivity index (χ0n) is 15.9. The summed E-state index contributed by atoms with van der Waals surface area (Å²) in [7, 11) is 0. The molecule has 1 aromatic heterocycles. The summed E-state index contributed by atoms with van der Waals surface area (Å²) in [5.41, 5.74) is 6.09. The van der Waals surface area contributed by atoms with Gasteiger partial charge >= 0.3 is 5.97 Å². The molecule has 130 valence electrons. The highest BCUT2D eigenvalue weighted by atomic mass is 16.5. The van der Waals surface area contributed by atoms with E-state index in [4.69, 9.17) is 4.74 Å². The van der Waals surface area contributed by atoms with Gasteiger partial charge in [-0.25, -0.2) is 0 Å². The van der Waals surface area contributed by atoms with Gasteiger partial charge in [0, 0.05) is 17.8 Å². The number of esters is 1. The Kier molecular flexibility index (Phi) is 5.47. The van der Waals surface area contributed by atoms with Gasteiger partial charge in [0.05, 0.1) is 12.1 Å². The molecular weight excluding hydrogens is 300 g/mol. The minimum Gasteiger partial charge on any atom is -0.426 e. The van der Waals surface area contributed by atoms with E-state index in [0.29, 0.717) is 11.7 Å². The molecule has 0 unspecified atom stereocenters. The van der Waals surface area contributed by atoms with Gasteiger partial charge in [-0.1, -0.05) is 31.5 Å². The van der Waals surface area contributed by atoms with E-state index in [0.717, 1.165) is 34.6 Å². The van der Waals surface area contributed by atoms with Crippen LogP contribution in [0.1, 0.15) is 47.5 Å². The number of rotatable bonds is 5. The molecule has 0 fully saturated rings. The summed E-state index contributed by atoms with van der Waals surface area (Å²) in [4.78, 5) is 12.4. The number of nitrogens with zero attached hydrogens (tertiary/aromatic N) is 2. The van der Waals surface area contributed by atoms with Crippen molar-refractivity contribution in [3.63, 3.8) is 0 Å². The summed E-state index contributed by atoms with van der Waals surface area (Å²) in [6.45, 7) is 15.1. The van der Waals surface area contributed by atoms with Crippen molar-refractivity contribution in [2.24, 2.45) is 5.92 Å². The van der Waals surface area contributed by atoms with E-state index in [-0.39, 0.29) is 12.4 Å². The first-order chi connectivity index (χ1) is 11.2. The molecule has 1 heterocycles. The third-order valence-corrected chi connectivity index (χ3v) is 4.21. The van der Waals surface area contributed by atoms with E-state index >= 15 is 0 Å². The highest BCUT2D eigenvalue weighted by Gasteiger charge is 2.18. The molecule has 0 amide bonds. The molecule has 0 N–H and O–H groups in total. The molecule has 0 aliphatic heterocycles. The van der Waals surface area contributed by atoms with Crippen molar-refractivity contribution >= 4 is 5.97 Å². The van der Waals surface area contributed by atoms with Crippen molar-refractivity contribution in [2.45, 2.75) is 61.4 Å². The Morgan fingerprint density at radius 2 is 1.71 bits per heavy atom. The molecule has 0 spiro atoms. The molecule has 1 aromatic carbocycles. The topological polar surface area (TPSA) is 44.1 Å². The lowest BCUT2D eigenvalue weighted by Crippen LogP contribution is -2.14. The van der Waals surface area contributed by atoms with Crippen LogP contribution in [0.25, 0.3) is 0 Å². The lowest BCUT2D eigenvalue weighted by atomic mass is 10.1. The first-order valence-corrected chi connectivity index (χ1v) is 8.50. The summed E-state index contributed by atoms with van der Waals surface area (Å²) in [6.07, 6.45) is 0.252. The Hall–Kier alpha value is -2.10. The van der Waals surface area contributed by atoms with Crippen molar-refractivity contribution in [3.8, 4) is 5.75 Å². The van der Waals surface area contributed by atoms with Gasteiger partial charge in [0.15, 0.2) is 0 Å². The molecule has 0 aliphatic rings. The molecular formula is C20H28N2O2. The predicted molar refractivity (Wildman–Crippen MR) is 96.5 cm³/mol. The number of carbonyl (C=O) groups excluding carboxylic acids is 1. The second kappa shape index (κ2) is 7.20. The van der Waals surface area contributed by atoms with Crippen LogP contribution in [0.4, 0.5) is 0 Å². The van der Waals surface area contributed by atoms with Crippen LogP contribution in [0.3, 0.4) is 0 Å². The van der Waals surface area contributed by atoms with Crippen molar-refractivity contribution in [1.82, 2.24) is 9.78 Å². The second-order valence-corrected chi connectivity index (χ2v) is 7.10. The number of benzene rings is 1. The van der Waals surface area contributed by atoms with Crippen molar-refractivity contribution in [3.05, 3.63) is 45.8 Å². The van der Waals surface area contributed by atoms with Gasteiger partial charge < -0.3 is 4.74 Å². The Morgan fingerprint density at radius 3 is 2.25 bits per heavy atom. The lowest BCUT2D eigenvalue weighted by Gasteiger charge is -2.12. The van der Waals surface area contributed by atoms with E-state index in [1.807, 2.05) is 51.4 Å². The minimum absolute atomic E-state index is 0.236. The van der Waals surface area contributed by atoms with Crippen LogP contribution >= 0.6 is 0 Å². The van der Waals surface area contributed by atoms with Crippen LogP contribution in [0.2, 0.25) is 0 Å². The molecule has 2 rings (SSSR count). The van der Waals surface area contributed by atoms with E-state index in [9.17, 15) is 4.79 Å². The van der Waals surface area contributed by atoms with Gasteiger partial charge in [-0.2, -0.15) is 5.10 Å². The smallest absolute Gasteiger partial charge is 0.315 e. The number of aryl methyl sites for hydroxylation is 4. The minimum atomic E-state index is -0.236. The number of ether oxygens (including phenoxy) is 1. The molecule has 2 aromatic rings. The van der Waals surface area contributed by atoms with Gasteiger partial charge in [0.25, 0.3) is 0 Å². The predicted octanol–water partition coefficient (Wildman–Crippen LogP) is 4.23.